The van der Waals surface area contributed by atoms with Crippen molar-refractivity contribution < 1.29 is 32.9 Å². The third-order valence-corrected chi connectivity index (χ3v) is 5.62. The van der Waals surface area contributed by atoms with Gasteiger partial charge < -0.3 is 20.5 Å². The lowest BCUT2D eigenvalue weighted by Crippen LogP contribution is -2.32. The predicted molar refractivity (Wildman–Crippen MR) is 150 cm³/mol. The molecule has 7 N–H and O–H groups in total. The highest BCUT2D eigenvalue weighted by atomic mass is 127. The molecule has 0 radical (unpaired) electrons. The van der Waals surface area contributed by atoms with E-state index in [1.165, 1.54) is 6.92 Å². The summed E-state index contributed by atoms with van der Waals surface area (Å²) < 4.78 is 19.6. The standard InChI is InChI=1S/C12H18N2O4S.C10H16N2O3S.HI/c1-8(14-9(2)15)6-10-4-5-11(16-3)12(7-10)19-18-17-13;1-7(11)5-8-3-4-9(13-2)10(6-8)16-15-14-12;/h4-5,7-8H,6,13H2,1-3H3,(H,14,15);3-4,6-7H,5,11-12H2,1-2H3;1H/t8-;7-;/m11./s1. The summed E-state index contributed by atoms with van der Waals surface area (Å²) in [4.78, 5) is 20.6. The molecule has 1 amide bonds. The zero-order valence-corrected chi connectivity index (χ0v) is 24.8. The van der Waals surface area contributed by atoms with Crippen molar-refractivity contribution in [3.63, 3.8) is 0 Å². The van der Waals surface area contributed by atoms with Crippen LogP contribution in [-0.4, -0.2) is 32.2 Å². The SMILES string of the molecule is COc1ccc(C[C@@H](C)N)cc1SOON.COc1ccc(C[C@@H](C)NC(C)=O)cc1SOON.I. The minimum Gasteiger partial charge on any atom is -0.495 e. The number of rotatable bonds is 13. The number of hydrogen-bond donors (Lipinski definition) is 4. The summed E-state index contributed by atoms with van der Waals surface area (Å²) in [6.07, 6.45) is 1.50. The first-order valence-electron chi connectivity index (χ1n) is 10.5. The van der Waals surface area contributed by atoms with E-state index in [4.69, 9.17) is 27.0 Å². The maximum Gasteiger partial charge on any atom is 0.217 e. The number of methoxy groups -OCH3 is 2. The normalized spacial score (nSPS) is 11.9. The van der Waals surface area contributed by atoms with Crippen LogP contribution in [0.4, 0.5) is 0 Å². The fraction of sp³-hybridized carbons (Fsp3) is 0.409. The molecule has 2 atom stereocenters. The zero-order valence-electron chi connectivity index (χ0n) is 20.8. The molecule has 2 aromatic rings. The Labute approximate surface area is 237 Å². The van der Waals surface area contributed by atoms with Crippen LogP contribution in [-0.2, 0) is 36.3 Å². The fourth-order valence-corrected chi connectivity index (χ4v) is 4.15. The van der Waals surface area contributed by atoms with E-state index >= 15 is 0 Å². The first-order valence-corrected chi connectivity index (χ1v) is 12.0. The predicted octanol–water partition coefficient (Wildman–Crippen LogP) is 3.62. The van der Waals surface area contributed by atoms with Crippen LogP contribution in [0.2, 0.25) is 0 Å². The number of nitrogens with one attached hydrogen (secondary N) is 1. The number of nitrogens with two attached hydrogens (primary N) is 3. The Morgan fingerprint density at radius 2 is 1.33 bits per heavy atom. The molecule has 0 fully saturated rings. The Kier molecular flexibility index (Phi) is 19.0. The van der Waals surface area contributed by atoms with Gasteiger partial charge in [-0.2, -0.15) is 11.8 Å². The van der Waals surface area contributed by atoms with E-state index in [1.54, 1.807) is 14.2 Å². The average Bonchev–Trinajstić information content (AvgIpc) is 2.81. The maximum atomic E-state index is 11.0. The van der Waals surface area contributed by atoms with Crippen LogP contribution in [0.25, 0.3) is 0 Å². The zero-order chi connectivity index (χ0) is 26.2. The lowest BCUT2D eigenvalue weighted by atomic mass is 10.1. The van der Waals surface area contributed by atoms with E-state index in [0.717, 1.165) is 51.4 Å². The second kappa shape index (κ2) is 19.7. The van der Waals surface area contributed by atoms with E-state index < -0.39 is 0 Å². The molecule has 0 aliphatic carbocycles. The molecule has 0 unspecified atom stereocenters. The molecule has 14 heteroatoms. The summed E-state index contributed by atoms with van der Waals surface area (Å²) in [7, 11) is 3.16. The van der Waals surface area contributed by atoms with Crippen LogP contribution < -0.4 is 32.3 Å². The minimum absolute atomic E-state index is 0. The number of amides is 1. The summed E-state index contributed by atoms with van der Waals surface area (Å²) in [5.74, 6) is 10.9. The van der Waals surface area contributed by atoms with Crippen LogP contribution in [0.1, 0.15) is 31.9 Å². The quantitative estimate of drug-likeness (QED) is 0.107. The van der Waals surface area contributed by atoms with Gasteiger partial charge in [0.25, 0.3) is 0 Å². The van der Waals surface area contributed by atoms with E-state index in [1.807, 2.05) is 50.2 Å². The highest BCUT2D eigenvalue weighted by Gasteiger charge is 2.10. The molecule has 0 saturated carbocycles. The van der Waals surface area contributed by atoms with E-state index in [0.29, 0.717) is 17.9 Å². The highest BCUT2D eigenvalue weighted by Crippen LogP contribution is 2.32. The molecule has 0 heterocycles. The monoisotopic (exact) mass is 658 g/mol. The third kappa shape index (κ3) is 13.8. The smallest absolute Gasteiger partial charge is 0.217 e. The van der Waals surface area contributed by atoms with Gasteiger partial charge in [0.15, 0.2) is 0 Å². The minimum atomic E-state index is -0.0459. The topological polar surface area (TPSA) is 163 Å². The Hall–Kier alpha value is -1.34. The molecule has 0 saturated heterocycles. The molecule has 204 valence electrons. The number of hydrogen-bond acceptors (Lipinski definition) is 12. The van der Waals surface area contributed by atoms with Gasteiger partial charge in [0.2, 0.25) is 5.91 Å². The molecule has 0 aromatic heterocycles. The molecule has 0 aliphatic rings. The Morgan fingerprint density at radius 1 is 0.889 bits per heavy atom. The van der Waals surface area contributed by atoms with Crippen LogP contribution >= 0.6 is 48.1 Å². The molecule has 0 aliphatic heterocycles. The van der Waals surface area contributed by atoms with Gasteiger partial charge in [0.05, 0.1) is 48.1 Å². The van der Waals surface area contributed by atoms with Crippen molar-refractivity contribution >= 4 is 54.0 Å². The number of benzene rings is 2. The second-order valence-corrected chi connectivity index (χ2v) is 8.94. The van der Waals surface area contributed by atoms with Gasteiger partial charge in [-0.3, -0.25) is 4.79 Å². The maximum absolute atomic E-state index is 11.0. The second-order valence-electron chi connectivity index (χ2n) is 7.45. The van der Waals surface area contributed by atoms with Gasteiger partial charge in [0, 0.05) is 19.0 Å². The van der Waals surface area contributed by atoms with Crippen molar-refractivity contribution in [1.82, 2.24) is 5.32 Å². The largest absolute Gasteiger partial charge is 0.495 e. The molecule has 36 heavy (non-hydrogen) atoms. The van der Waals surface area contributed by atoms with Crippen molar-refractivity contribution in [2.24, 2.45) is 17.5 Å². The van der Waals surface area contributed by atoms with Gasteiger partial charge in [-0.25, -0.2) is 0 Å². The summed E-state index contributed by atoms with van der Waals surface area (Å²) in [5, 5.41) is 2.83. The Morgan fingerprint density at radius 3 is 1.69 bits per heavy atom. The number of carbonyl (C=O) groups excluding carboxylic acids is 1. The van der Waals surface area contributed by atoms with Crippen molar-refractivity contribution in [3.05, 3.63) is 47.5 Å². The van der Waals surface area contributed by atoms with Crippen molar-refractivity contribution in [3.8, 4) is 11.5 Å². The van der Waals surface area contributed by atoms with Crippen LogP contribution in [0, 0.1) is 0 Å². The summed E-state index contributed by atoms with van der Waals surface area (Å²) >= 11 is 1.97. The highest BCUT2D eigenvalue weighted by molar-refractivity contribution is 14.0. The molecule has 2 rings (SSSR count). The molecular weight excluding hydrogens is 623 g/mol. The molecule has 0 spiro atoms. The van der Waals surface area contributed by atoms with Crippen molar-refractivity contribution in [2.75, 3.05) is 14.2 Å². The van der Waals surface area contributed by atoms with E-state index in [-0.39, 0.29) is 42.0 Å². The Bertz CT molecular complexity index is 913. The molecule has 2 aromatic carbocycles. The summed E-state index contributed by atoms with van der Waals surface area (Å²) in [5.41, 5.74) is 7.89. The van der Waals surface area contributed by atoms with Crippen molar-refractivity contribution in [2.45, 2.75) is 55.5 Å². The summed E-state index contributed by atoms with van der Waals surface area (Å²) in [6.45, 7) is 5.40. The van der Waals surface area contributed by atoms with E-state index in [9.17, 15) is 4.79 Å². The summed E-state index contributed by atoms with van der Waals surface area (Å²) in [6, 6.07) is 11.6. The lowest BCUT2D eigenvalue weighted by Gasteiger charge is -2.14. The van der Waals surface area contributed by atoms with Gasteiger partial charge >= 0.3 is 0 Å². The van der Waals surface area contributed by atoms with Gasteiger partial charge in [-0.15, -0.1) is 42.6 Å². The lowest BCUT2D eigenvalue weighted by molar-refractivity contribution is -0.195. The molecule has 0 bridgehead atoms. The number of carbonyl (C=O) groups is 1. The third-order valence-electron chi connectivity index (χ3n) is 4.33. The molecular formula is C22H35IN4O7S2. The number of ether oxygens (including phenoxy) is 2. The van der Waals surface area contributed by atoms with Gasteiger partial charge in [0.1, 0.15) is 11.5 Å². The molecule has 11 nitrogen and oxygen atoms in total. The van der Waals surface area contributed by atoms with Crippen molar-refractivity contribution in [1.29, 1.82) is 0 Å². The van der Waals surface area contributed by atoms with Gasteiger partial charge in [-0.05, 0) is 62.1 Å². The first kappa shape index (κ1) is 34.7. The Balaban J connectivity index is 0.000000671. The average molecular weight is 659 g/mol. The van der Waals surface area contributed by atoms with Crippen LogP contribution in [0.15, 0.2) is 46.2 Å². The first-order chi connectivity index (χ1) is 16.7. The van der Waals surface area contributed by atoms with Crippen LogP contribution in [0.3, 0.4) is 0 Å². The van der Waals surface area contributed by atoms with Gasteiger partial charge in [-0.1, -0.05) is 12.1 Å². The van der Waals surface area contributed by atoms with E-state index in [2.05, 4.69) is 24.0 Å². The van der Waals surface area contributed by atoms with Crippen LogP contribution in [0.5, 0.6) is 11.5 Å². The fourth-order valence-electron chi connectivity index (χ4n) is 3.06. The number of halogens is 1.